The fourth-order valence-corrected chi connectivity index (χ4v) is 1.60. The van der Waals surface area contributed by atoms with E-state index < -0.39 is 0 Å². The highest BCUT2D eigenvalue weighted by molar-refractivity contribution is 4.70. The van der Waals surface area contributed by atoms with E-state index in [1.54, 1.807) is 0 Å². The van der Waals surface area contributed by atoms with Crippen LogP contribution in [0.1, 0.15) is 53.9 Å². The Hall–Kier alpha value is -0.0400. The highest BCUT2D eigenvalue weighted by atomic mass is 14.9. The highest BCUT2D eigenvalue weighted by Crippen LogP contribution is 2.15. The molecule has 1 N–H and O–H groups in total. The Morgan fingerprint density at radius 3 is 2.00 bits per heavy atom. The summed E-state index contributed by atoms with van der Waals surface area (Å²) < 4.78 is 0. The lowest BCUT2D eigenvalue weighted by molar-refractivity contribution is 0.347. The summed E-state index contributed by atoms with van der Waals surface area (Å²) in [7, 11) is 0. The van der Waals surface area contributed by atoms with Gasteiger partial charge in [-0.05, 0) is 31.2 Å². The standard InChI is InChI=1S/C12H27N/c1-6-11(5)8-9-12(10(3)4)13-7-2/h10-13H,6-9H2,1-5H3. The number of nitrogens with one attached hydrogen (secondary N) is 1. The Bertz CT molecular complexity index is 110. The molecular formula is C12H27N. The minimum atomic E-state index is 0.721. The van der Waals surface area contributed by atoms with E-state index in [1.807, 2.05) is 0 Å². The second-order valence-electron chi connectivity index (χ2n) is 4.50. The molecule has 0 aromatic heterocycles. The van der Waals surface area contributed by atoms with Gasteiger partial charge in [-0.3, -0.25) is 0 Å². The van der Waals surface area contributed by atoms with Crippen LogP contribution in [-0.4, -0.2) is 12.6 Å². The molecule has 0 rings (SSSR count). The second-order valence-corrected chi connectivity index (χ2v) is 4.50. The first-order valence-electron chi connectivity index (χ1n) is 5.85. The van der Waals surface area contributed by atoms with Gasteiger partial charge in [-0.1, -0.05) is 41.0 Å². The molecule has 2 unspecified atom stereocenters. The molecule has 13 heavy (non-hydrogen) atoms. The van der Waals surface area contributed by atoms with E-state index in [4.69, 9.17) is 0 Å². The topological polar surface area (TPSA) is 12.0 Å². The van der Waals surface area contributed by atoms with Crippen LogP contribution in [0.5, 0.6) is 0 Å². The Morgan fingerprint density at radius 1 is 1.00 bits per heavy atom. The zero-order valence-corrected chi connectivity index (χ0v) is 10.1. The summed E-state index contributed by atoms with van der Waals surface area (Å²) in [6.45, 7) is 12.5. The van der Waals surface area contributed by atoms with Gasteiger partial charge in [0, 0.05) is 6.04 Å². The van der Waals surface area contributed by atoms with Crippen molar-refractivity contribution in [3.63, 3.8) is 0 Å². The Morgan fingerprint density at radius 2 is 1.62 bits per heavy atom. The summed E-state index contributed by atoms with van der Waals surface area (Å²) in [6, 6.07) is 0.721. The van der Waals surface area contributed by atoms with Gasteiger partial charge in [-0.2, -0.15) is 0 Å². The third-order valence-corrected chi connectivity index (χ3v) is 2.94. The lowest BCUT2D eigenvalue weighted by atomic mass is 9.93. The Kier molecular flexibility index (Phi) is 7.35. The van der Waals surface area contributed by atoms with Crippen molar-refractivity contribution < 1.29 is 0 Å². The molecule has 0 amide bonds. The van der Waals surface area contributed by atoms with Gasteiger partial charge in [-0.15, -0.1) is 0 Å². The van der Waals surface area contributed by atoms with Gasteiger partial charge in [0.1, 0.15) is 0 Å². The van der Waals surface area contributed by atoms with Gasteiger partial charge in [0.05, 0.1) is 0 Å². The van der Waals surface area contributed by atoms with Gasteiger partial charge in [-0.25, -0.2) is 0 Å². The number of hydrogen-bond donors (Lipinski definition) is 1. The van der Waals surface area contributed by atoms with Crippen LogP contribution in [0.4, 0.5) is 0 Å². The minimum absolute atomic E-state index is 0.721. The van der Waals surface area contributed by atoms with Crippen LogP contribution in [0.3, 0.4) is 0 Å². The third kappa shape index (κ3) is 6.09. The lowest BCUT2D eigenvalue weighted by Gasteiger charge is -2.23. The molecule has 0 aromatic rings. The average Bonchev–Trinajstić information content (AvgIpc) is 2.11. The summed E-state index contributed by atoms with van der Waals surface area (Å²) in [5.41, 5.74) is 0. The maximum absolute atomic E-state index is 3.56. The molecular weight excluding hydrogens is 158 g/mol. The van der Waals surface area contributed by atoms with E-state index in [0.29, 0.717) is 0 Å². The zero-order valence-electron chi connectivity index (χ0n) is 10.1. The first-order chi connectivity index (χ1) is 6.11. The summed E-state index contributed by atoms with van der Waals surface area (Å²) in [4.78, 5) is 0. The van der Waals surface area contributed by atoms with E-state index in [-0.39, 0.29) is 0 Å². The molecule has 0 spiro atoms. The van der Waals surface area contributed by atoms with E-state index in [0.717, 1.165) is 24.4 Å². The Labute approximate surface area is 84.3 Å². The fraction of sp³-hybridized carbons (Fsp3) is 1.00. The predicted octanol–water partition coefficient (Wildman–Crippen LogP) is 3.45. The molecule has 0 aliphatic rings. The molecule has 0 saturated carbocycles. The highest BCUT2D eigenvalue weighted by Gasteiger charge is 2.12. The van der Waals surface area contributed by atoms with Crippen LogP contribution in [-0.2, 0) is 0 Å². The molecule has 80 valence electrons. The van der Waals surface area contributed by atoms with Crippen LogP contribution in [0.25, 0.3) is 0 Å². The van der Waals surface area contributed by atoms with Crippen molar-refractivity contribution in [3.8, 4) is 0 Å². The molecule has 2 atom stereocenters. The average molecular weight is 185 g/mol. The van der Waals surface area contributed by atoms with E-state index in [1.165, 1.54) is 19.3 Å². The maximum atomic E-state index is 3.56. The van der Waals surface area contributed by atoms with Crippen LogP contribution in [0, 0.1) is 11.8 Å². The minimum Gasteiger partial charge on any atom is -0.314 e. The van der Waals surface area contributed by atoms with Crippen molar-refractivity contribution in [1.82, 2.24) is 5.32 Å². The monoisotopic (exact) mass is 185 g/mol. The predicted molar refractivity (Wildman–Crippen MR) is 61.0 cm³/mol. The number of rotatable bonds is 7. The van der Waals surface area contributed by atoms with Crippen LogP contribution < -0.4 is 5.32 Å². The van der Waals surface area contributed by atoms with Gasteiger partial charge in [0.2, 0.25) is 0 Å². The number of hydrogen-bond acceptors (Lipinski definition) is 1. The zero-order chi connectivity index (χ0) is 10.3. The van der Waals surface area contributed by atoms with Crippen molar-refractivity contribution in [2.24, 2.45) is 11.8 Å². The Balaban J connectivity index is 3.68. The van der Waals surface area contributed by atoms with Gasteiger partial charge in [0.15, 0.2) is 0 Å². The maximum Gasteiger partial charge on any atom is 0.00900 e. The van der Waals surface area contributed by atoms with Crippen molar-refractivity contribution in [1.29, 1.82) is 0 Å². The second kappa shape index (κ2) is 7.37. The lowest BCUT2D eigenvalue weighted by Crippen LogP contribution is -2.33. The summed E-state index contributed by atoms with van der Waals surface area (Å²) in [5.74, 6) is 1.66. The van der Waals surface area contributed by atoms with E-state index in [2.05, 4.69) is 39.9 Å². The summed E-state index contributed by atoms with van der Waals surface area (Å²) in [6.07, 6.45) is 4.02. The van der Waals surface area contributed by atoms with Crippen molar-refractivity contribution >= 4 is 0 Å². The van der Waals surface area contributed by atoms with Crippen LogP contribution >= 0.6 is 0 Å². The summed E-state index contributed by atoms with van der Waals surface area (Å²) >= 11 is 0. The van der Waals surface area contributed by atoms with Crippen LogP contribution in [0.2, 0.25) is 0 Å². The van der Waals surface area contributed by atoms with E-state index in [9.17, 15) is 0 Å². The molecule has 0 bridgehead atoms. The SMILES string of the molecule is CCNC(CCC(C)CC)C(C)C. The van der Waals surface area contributed by atoms with Crippen molar-refractivity contribution in [3.05, 3.63) is 0 Å². The molecule has 0 aromatic carbocycles. The first-order valence-corrected chi connectivity index (χ1v) is 5.85. The quantitative estimate of drug-likeness (QED) is 0.640. The molecule has 0 fully saturated rings. The molecule has 0 saturated heterocycles. The van der Waals surface area contributed by atoms with E-state index >= 15 is 0 Å². The molecule has 0 heterocycles. The van der Waals surface area contributed by atoms with Crippen molar-refractivity contribution in [2.45, 2.75) is 59.9 Å². The van der Waals surface area contributed by atoms with Crippen LogP contribution in [0.15, 0.2) is 0 Å². The molecule has 0 aliphatic heterocycles. The molecule has 0 radical (unpaired) electrons. The van der Waals surface area contributed by atoms with Gasteiger partial charge in [0.25, 0.3) is 0 Å². The first kappa shape index (κ1) is 13.0. The smallest absolute Gasteiger partial charge is 0.00900 e. The normalized spacial score (nSPS) is 16.2. The fourth-order valence-electron chi connectivity index (χ4n) is 1.60. The largest absolute Gasteiger partial charge is 0.314 e. The molecule has 1 heteroatoms. The van der Waals surface area contributed by atoms with Gasteiger partial charge < -0.3 is 5.32 Å². The molecule has 0 aliphatic carbocycles. The summed E-state index contributed by atoms with van der Waals surface area (Å²) in [5, 5.41) is 3.56. The van der Waals surface area contributed by atoms with Gasteiger partial charge >= 0.3 is 0 Å². The van der Waals surface area contributed by atoms with Crippen molar-refractivity contribution in [2.75, 3.05) is 6.54 Å². The molecule has 1 nitrogen and oxygen atoms in total. The third-order valence-electron chi connectivity index (χ3n) is 2.94.